The minimum Gasteiger partial charge on any atom is -0.719 e. The van der Waals surface area contributed by atoms with Gasteiger partial charge in [0.1, 0.15) is 16.3 Å². The van der Waals surface area contributed by atoms with Crippen LogP contribution in [-0.2, 0) is 52.2 Å². The number of carbonyl (C=O) groups is 5. The molecule has 4 amide bonds. The molecule has 0 saturated carbocycles. The number of pyridine rings is 2. The van der Waals surface area contributed by atoms with Crippen molar-refractivity contribution in [1.82, 2.24) is 25.7 Å². The van der Waals surface area contributed by atoms with Gasteiger partial charge in [0.2, 0.25) is 18.9 Å². The van der Waals surface area contributed by atoms with Gasteiger partial charge in [-0.25, -0.2) is 14.8 Å². The molecular weight excluding hydrogens is 1260 g/mol. The van der Waals surface area contributed by atoms with Crippen LogP contribution in [0.1, 0.15) is 149 Å². The van der Waals surface area contributed by atoms with Crippen molar-refractivity contribution in [3.8, 4) is 0 Å². The summed E-state index contributed by atoms with van der Waals surface area (Å²) in [4.78, 5) is 69.8. The minimum absolute atomic E-state index is 0. The van der Waals surface area contributed by atoms with E-state index in [1.165, 1.54) is 116 Å². The molecule has 32 heteroatoms. The van der Waals surface area contributed by atoms with Crippen LogP contribution in [0.3, 0.4) is 0 Å². The van der Waals surface area contributed by atoms with Crippen LogP contribution >= 0.6 is 69.9 Å². The third kappa shape index (κ3) is 85.8. The second-order valence-corrected chi connectivity index (χ2v) is 23.7. The third-order valence-corrected chi connectivity index (χ3v) is 13.9. The third-order valence-electron chi connectivity index (χ3n) is 8.49. The van der Waals surface area contributed by atoms with E-state index >= 15 is 0 Å². The quantitative estimate of drug-likeness (QED) is 0.00594. The normalized spacial score (nSPS) is 10.5. The molecule has 1 aliphatic heterocycles. The first-order chi connectivity index (χ1) is 35.3. The molecule has 1 aliphatic rings. The van der Waals surface area contributed by atoms with E-state index in [-0.39, 0.29) is 204 Å². The summed E-state index contributed by atoms with van der Waals surface area (Å²) in [6, 6.07) is 11.4. The molecule has 1 saturated heterocycles. The molecule has 0 bridgehead atoms. The maximum absolute atomic E-state index is 11.6. The number of nitrogens with two attached hydrogens (primary N) is 7. The van der Waals surface area contributed by atoms with E-state index in [4.69, 9.17) is 23.4 Å². The summed E-state index contributed by atoms with van der Waals surface area (Å²) in [5, 5.41) is 8.30. The molecule has 1 fully saturated rings. The van der Waals surface area contributed by atoms with E-state index in [1.807, 2.05) is 36.4 Å². The molecule has 0 aliphatic carbocycles. The summed E-state index contributed by atoms with van der Waals surface area (Å²) in [6.45, 7) is 8.15. The van der Waals surface area contributed by atoms with Gasteiger partial charge in [-0.2, -0.15) is 0 Å². The zero-order chi connectivity index (χ0) is 55.4. The largest absolute Gasteiger partial charge is 1.00 e. The first-order valence-corrected chi connectivity index (χ1v) is 34.1. The van der Waals surface area contributed by atoms with Crippen LogP contribution in [0.5, 0.6) is 0 Å². The van der Waals surface area contributed by atoms with Crippen LogP contribution < -0.4 is 188 Å². The number of carbonyl (C=O) groups excluding carboxylic acids is 5. The Labute approximate surface area is 630 Å². The monoisotopic (exact) mass is 1350 g/mol. The van der Waals surface area contributed by atoms with Crippen LogP contribution in [0.2, 0.25) is 0 Å². The Morgan fingerprint density at radius 1 is 0.731 bits per heavy atom. The van der Waals surface area contributed by atoms with Gasteiger partial charge < -0.3 is 88.1 Å². The van der Waals surface area contributed by atoms with E-state index < -0.39 is 31.0 Å². The Morgan fingerprint density at radius 2 is 1.09 bits per heavy atom. The van der Waals surface area contributed by atoms with Crippen LogP contribution in [0, 0.1) is 6.93 Å². The number of amides is 4. The predicted octanol–water partition coefficient (Wildman–Crippen LogP) is 3.96. The number of aromatic nitrogens is 2. The maximum Gasteiger partial charge on any atom is 1.00 e. The van der Waals surface area contributed by atoms with Gasteiger partial charge in [-0.3, -0.25) is 19.2 Å². The van der Waals surface area contributed by atoms with Crippen molar-refractivity contribution in [3.63, 3.8) is 0 Å². The van der Waals surface area contributed by atoms with Crippen LogP contribution in [-0.4, -0.2) is 88.9 Å². The van der Waals surface area contributed by atoms with Crippen molar-refractivity contribution in [2.24, 2.45) is 22.9 Å². The van der Waals surface area contributed by atoms with Crippen molar-refractivity contribution in [2.45, 2.75) is 166 Å². The van der Waals surface area contributed by atoms with Crippen LogP contribution in [0.15, 0.2) is 58.8 Å². The van der Waals surface area contributed by atoms with Crippen molar-refractivity contribution in [2.75, 3.05) is 36.9 Å². The molecule has 18 nitrogen and oxygen atoms in total. The number of hydrogen-bond donors (Lipinski definition) is 6. The van der Waals surface area contributed by atoms with Gasteiger partial charge in [0.25, 0.3) is 11.8 Å². The van der Waals surface area contributed by atoms with E-state index in [1.54, 1.807) is 34.0 Å². The second-order valence-electron chi connectivity index (χ2n) is 14.8. The summed E-state index contributed by atoms with van der Waals surface area (Å²) in [7, 11) is 10.9. The SMILES string of the molecule is CCCCCCCN.CCCCCCCNC(=O)CCSSc1ccccn1.CCCCCCCNC(=O)CCS[S-].F[CH-]F.NC(N)N.O=C(CCSSc1ccccn1)ON1C(=O)CCC1=O.[2H][S+]=PP.[K+].[K+].[K+].[NH2-].[NH2-].[NH2-]. The fourth-order valence-corrected chi connectivity index (χ4v) is 9.27. The molecule has 0 spiro atoms. The van der Waals surface area contributed by atoms with Crippen LogP contribution in [0.4, 0.5) is 8.78 Å². The number of hydroxylamine groups is 2. The zero-order valence-corrected chi connectivity index (χ0v) is 64.3. The predicted molar refractivity (Wildman–Crippen MR) is 331 cm³/mol. The molecule has 2 aromatic heterocycles. The number of halogens is 2. The molecule has 1 atom stereocenters. The number of nitrogens with one attached hydrogen (secondary N) is 2. The second kappa shape index (κ2) is 86.8. The fourth-order valence-electron chi connectivity index (χ4n) is 5.03. The number of rotatable bonds is 31. The average Bonchev–Trinajstić information content (AvgIpc) is 3.70. The summed E-state index contributed by atoms with van der Waals surface area (Å²) < 4.78 is 25.3. The summed E-state index contributed by atoms with van der Waals surface area (Å²) >= 11 is 5.73. The van der Waals surface area contributed by atoms with Gasteiger partial charge in [-0.15, -0.1) is 5.06 Å². The Kier molecular flexibility index (Phi) is 112. The van der Waals surface area contributed by atoms with E-state index in [0.717, 1.165) is 72.8 Å². The Bertz CT molecular complexity index is 1590. The summed E-state index contributed by atoms with van der Waals surface area (Å²) in [6.07, 6.45) is 23.2. The number of unbranched alkanes of at least 4 members (excludes halogenated alkanes) is 12. The Hall–Kier alpha value is 3.39. The van der Waals surface area contributed by atoms with Crippen molar-refractivity contribution in [1.29, 1.82) is 1.12 Å². The summed E-state index contributed by atoms with van der Waals surface area (Å²) in [5.74, 6) is 0.879. The van der Waals surface area contributed by atoms with Crippen molar-refractivity contribution in [3.05, 3.63) is 74.2 Å². The smallest absolute Gasteiger partial charge is 0.719 e. The molecule has 16 N–H and O–H groups in total. The van der Waals surface area contributed by atoms with Gasteiger partial charge in [0, 0.05) is 62.7 Å². The maximum atomic E-state index is 11.6. The number of nitrogens with zero attached hydrogens (tertiary/aromatic N) is 3. The molecule has 78 heavy (non-hydrogen) atoms. The topological polar surface area (TPSA) is 352 Å². The molecule has 0 aromatic carbocycles. The van der Waals surface area contributed by atoms with Gasteiger partial charge in [0.15, 0.2) is 11.7 Å². The first-order valence-electron chi connectivity index (χ1n) is 24.5. The average molecular weight is 1350 g/mol. The Morgan fingerprint density at radius 3 is 1.42 bits per heavy atom. The number of thiol groups is 1. The Balaban J connectivity index is -0.0000000949. The van der Waals surface area contributed by atoms with E-state index in [9.17, 15) is 32.8 Å². The number of hydrogen-bond acceptors (Lipinski definition) is 18. The van der Waals surface area contributed by atoms with Gasteiger partial charge in [-0.05, 0) is 93.3 Å². The van der Waals surface area contributed by atoms with Gasteiger partial charge in [0.05, 0.1) is 6.42 Å². The van der Waals surface area contributed by atoms with Gasteiger partial charge in [-0.1, -0.05) is 132 Å². The zero-order valence-electron chi connectivity index (χ0n) is 48.1. The van der Waals surface area contributed by atoms with Crippen molar-refractivity contribution >= 4 is 123 Å². The molecule has 0 radical (unpaired) electrons. The molecule has 1 unspecified atom stereocenters. The van der Waals surface area contributed by atoms with Crippen LogP contribution in [0.25, 0.3) is 18.5 Å². The van der Waals surface area contributed by atoms with Crippen molar-refractivity contribution < 1.29 is 192 Å². The van der Waals surface area contributed by atoms with E-state index in [2.05, 4.69) is 67.5 Å². The van der Waals surface area contributed by atoms with Gasteiger partial charge >= 0.3 is 161 Å². The van der Waals surface area contributed by atoms with E-state index in [0.29, 0.717) is 23.7 Å². The minimum atomic E-state index is -1.00. The summed E-state index contributed by atoms with van der Waals surface area (Å²) in [5.41, 5.74) is 19.3. The molecular formula is C46H90F2K3N12O6P2S7-. The first kappa shape index (κ1) is 100. The number of imide groups is 1. The fraction of sp³-hybridized carbons (Fsp3) is 0.652. The molecule has 3 heterocycles. The molecule has 440 valence electrons. The standard InChI is InChI=1S/C15H24N2OS2.C12H12N2O4S2.C10H21NOS2.C7H17N.CHF2.CH7N3.3K.3H2N.H2P2S/c1-2-3-4-5-7-11-16-14(18)10-13-19-20-15-9-6-8-12-17-15;15-10-4-5-11(16)14(10)18-12(17)6-8-19-20-9-3-1-2-7-13-9;1-2-3-4-5-6-8-11-10(12)7-9-14-13;1-2-3-4-5-6-7-8;2-1-3;2-1(3)4;;;;;;;1-2-3/h6,8-9,12H,2-5,7,10-11,13H2,1H3,(H,16,18);1-3,7H,4-6,8H2;13H,2-9H2,1H3,(H,11,12);2-8H2,1H3;1H;1H,2-4H2;;;;3*1H2;1H2/q;;;;-1;;3*+1;3*-1;/i/hD. The molecule has 2 aromatic rings. The molecule has 3 rings (SSSR count).